The van der Waals surface area contributed by atoms with Gasteiger partial charge in [0.2, 0.25) is 0 Å². The van der Waals surface area contributed by atoms with Gasteiger partial charge in [0, 0.05) is 33.7 Å². The first-order valence-electron chi connectivity index (χ1n) is 8.13. The van der Waals surface area contributed by atoms with Gasteiger partial charge < -0.3 is 0 Å². The molecule has 0 fully saturated rings. The second kappa shape index (κ2) is 6.19. The molecule has 4 aromatic heterocycles. The predicted molar refractivity (Wildman–Crippen MR) is 103 cm³/mol. The van der Waals surface area contributed by atoms with Gasteiger partial charge in [0.1, 0.15) is 16.2 Å². The number of aryl methyl sites for hydroxylation is 2. The lowest BCUT2D eigenvalue weighted by molar-refractivity contribution is 0.699. The second-order valence-electron chi connectivity index (χ2n) is 6.00. The summed E-state index contributed by atoms with van der Waals surface area (Å²) in [5.74, 6) is 0.639. The van der Waals surface area contributed by atoms with Crippen LogP contribution in [0.1, 0.15) is 29.0 Å². The molecule has 0 amide bonds. The molecule has 0 radical (unpaired) electrons. The van der Waals surface area contributed by atoms with E-state index in [1.165, 1.54) is 40.0 Å². The smallest absolute Gasteiger partial charge is 0.258 e. The molecule has 126 valence electrons. The van der Waals surface area contributed by atoms with E-state index < -0.39 is 0 Å². The number of thiazole rings is 1. The fourth-order valence-electron chi connectivity index (χ4n) is 3.27. The monoisotopic (exact) mass is 386 g/mol. The Morgan fingerprint density at radius 2 is 2.16 bits per heavy atom. The molecule has 4 aromatic rings. The summed E-state index contributed by atoms with van der Waals surface area (Å²) in [7, 11) is 0. The van der Waals surface area contributed by atoms with Crippen LogP contribution in [0.4, 0.5) is 0 Å². The highest BCUT2D eigenvalue weighted by Gasteiger charge is 2.20. The van der Waals surface area contributed by atoms with Crippen LogP contribution in [0.2, 0.25) is 0 Å². The highest BCUT2D eigenvalue weighted by Crippen LogP contribution is 2.39. The number of rotatable bonds is 3. The maximum absolute atomic E-state index is 12.1. The minimum atomic E-state index is -0.0254. The summed E-state index contributed by atoms with van der Waals surface area (Å²) in [6, 6.07) is 1.62. The van der Waals surface area contributed by atoms with E-state index in [-0.39, 0.29) is 5.56 Å². The summed E-state index contributed by atoms with van der Waals surface area (Å²) in [6.07, 6.45) is 8.20. The van der Waals surface area contributed by atoms with Crippen LogP contribution >= 0.6 is 34.4 Å². The largest absolute Gasteiger partial charge is 0.269 e. The molecular formula is C17H14N4OS3. The quantitative estimate of drug-likeness (QED) is 0.394. The van der Waals surface area contributed by atoms with Crippen LogP contribution in [0.15, 0.2) is 33.8 Å². The summed E-state index contributed by atoms with van der Waals surface area (Å²) in [5.41, 5.74) is 2.21. The van der Waals surface area contributed by atoms with Gasteiger partial charge in [-0.25, -0.2) is 15.0 Å². The van der Waals surface area contributed by atoms with Crippen molar-refractivity contribution < 1.29 is 0 Å². The molecule has 0 saturated heterocycles. The first-order valence-corrected chi connectivity index (χ1v) is 10.8. The van der Waals surface area contributed by atoms with Crippen LogP contribution < -0.4 is 5.56 Å². The number of hydrogen-bond donors (Lipinski definition) is 0. The number of aromatic nitrogens is 4. The Labute approximate surface area is 155 Å². The van der Waals surface area contributed by atoms with E-state index in [2.05, 4.69) is 15.0 Å². The number of fused-ring (bicyclic) bond motifs is 4. The van der Waals surface area contributed by atoms with E-state index in [0.29, 0.717) is 5.75 Å². The molecule has 1 aliphatic rings. The first-order chi connectivity index (χ1) is 12.3. The highest BCUT2D eigenvalue weighted by atomic mass is 32.2. The van der Waals surface area contributed by atoms with Crippen molar-refractivity contribution in [3.05, 3.63) is 50.5 Å². The molecule has 0 spiro atoms. The molecule has 0 unspecified atom stereocenters. The molecule has 0 aliphatic heterocycles. The third-order valence-electron chi connectivity index (χ3n) is 4.43. The number of nitrogens with zero attached hydrogens (tertiary/aromatic N) is 4. The van der Waals surface area contributed by atoms with Crippen molar-refractivity contribution >= 4 is 49.6 Å². The standard InChI is InChI=1S/C17H14N4OS3/c22-13-7-10(20-17-21(13)5-6-23-17)8-24-15-14-11-3-1-2-4-12(11)25-16(14)19-9-18-15/h5-7,9H,1-4,8H2. The van der Waals surface area contributed by atoms with Crippen LogP contribution in [0, 0.1) is 0 Å². The van der Waals surface area contributed by atoms with Gasteiger partial charge in [0.25, 0.3) is 5.56 Å². The zero-order valence-electron chi connectivity index (χ0n) is 13.3. The zero-order valence-corrected chi connectivity index (χ0v) is 15.7. The van der Waals surface area contributed by atoms with Crippen LogP contribution in [0.5, 0.6) is 0 Å². The van der Waals surface area contributed by atoms with Gasteiger partial charge in [-0.3, -0.25) is 9.20 Å². The van der Waals surface area contributed by atoms with Crippen molar-refractivity contribution in [1.82, 2.24) is 19.4 Å². The normalized spacial score (nSPS) is 14.2. The zero-order chi connectivity index (χ0) is 16.8. The molecule has 0 saturated carbocycles. The average molecular weight is 387 g/mol. The lowest BCUT2D eigenvalue weighted by atomic mass is 9.97. The molecule has 0 bridgehead atoms. The minimum Gasteiger partial charge on any atom is -0.269 e. The summed E-state index contributed by atoms with van der Waals surface area (Å²) in [6.45, 7) is 0. The number of hydrogen-bond acceptors (Lipinski definition) is 7. The van der Waals surface area contributed by atoms with E-state index in [4.69, 9.17) is 0 Å². The number of thiophene rings is 1. The van der Waals surface area contributed by atoms with Crippen LogP contribution in [-0.2, 0) is 18.6 Å². The van der Waals surface area contributed by atoms with Crippen LogP contribution in [-0.4, -0.2) is 19.4 Å². The van der Waals surface area contributed by atoms with E-state index in [9.17, 15) is 4.79 Å². The Morgan fingerprint density at radius 1 is 1.24 bits per heavy atom. The molecule has 0 aromatic carbocycles. The Kier molecular flexibility index (Phi) is 3.83. The summed E-state index contributed by atoms with van der Waals surface area (Å²) in [5, 5.41) is 4.12. The molecule has 25 heavy (non-hydrogen) atoms. The molecule has 1 aliphatic carbocycles. The van der Waals surface area contributed by atoms with Crippen molar-refractivity contribution in [3.63, 3.8) is 0 Å². The lowest BCUT2D eigenvalue weighted by Crippen LogP contribution is -2.12. The van der Waals surface area contributed by atoms with E-state index >= 15 is 0 Å². The minimum absolute atomic E-state index is 0.0254. The van der Waals surface area contributed by atoms with Gasteiger partial charge in [0.05, 0.1) is 5.69 Å². The van der Waals surface area contributed by atoms with Gasteiger partial charge >= 0.3 is 0 Å². The number of thioether (sulfide) groups is 1. The van der Waals surface area contributed by atoms with Crippen molar-refractivity contribution in [2.75, 3.05) is 0 Å². The Hall–Kier alpha value is -1.77. The van der Waals surface area contributed by atoms with Crippen molar-refractivity contribution in [3.8, 4) is 0 Å². The van der Waals surface area contributed by atoms with Gasteiger partial charge in [-0.2, -0.15) is 0 Å². The Morgan fingerprint density at radius 3 is 3.12 bits per heavy atom. The van der Waals surface area contributed by atoms with E-state index in [1.807, 2.05) is 16.7 Å². The summed E-state index contributed by atoms with van der Waals surface area (Å²) < 4.78 is 1.58. The molecule has 4 heterocycles. The molecular weight excluding hydrogens is 372 g/mol. The third-order valence-corrected chi connectivity index (χ3v) is 7.41. The maximum Gasteiger partial charge on any atom is 0.258 e. The van der Waals surface area contributed by atoms with E-state index in [0.717, 1.165) is 33.4 Å². The van der Waals surface area contributed by atoms with Gasteiger partial charge in [-0.1, -0.05) is 11.8 Å². The maximum atomic E-state index is 12.1. The van der Waals surface area contributed by atoms with Crippen LogP contribution in [0.25, 0.3) is 15.2 Å². The first kappa shape index (κ1) is 15.5. The Balaban J connectivity index is 1.51. The fourth-order valence-corrected chi connectivity index (χ4v) is 6.23. The fraction of sp³-hybridized carbons (Fsp3) is 0.294. The molecule has 0 N–H and O–H groups in total. The lowest BCUT2D eigenvalue weighted by Gasteiger charge is -2.11. The van der Waals surface area contributed by atoms with Gasteiger partial charge in [0.15, 0.2) is 4.96 Å². The van der Waals surface area contributed by atoms with Gasteiger partial charge in [-0.15, -0.1) is 22.7 Å². The van der Waals surface area contributed by atoms with Crippen LogP contribution in [0.3, 0.4) is 0 Å². The summed E-state index contributed by atoms with van der Waals surface area (Å²) >= 11 is 4.94. The third kappa shape index (κ3) is 2.68. The average Bonchev–Trinajstić information content (AvgIpc) is 3.24. The summed E-state index contributed by atoms with van der Waals surface area (Å²) in [4.78, 5) is 29.0. The molecule has 5 rings (SSSR count). The topological polar surface area (TPSA) is 60.2 Å². The van der Waals surface area contributed by atoms with Crippen molar-refractivity contribution in [2.45, 2.75) is 36.5 Å². The predicted octanol–water partition coefficient (Wildman–Crippen LogP) is 3.93. The van der Waals surface area contributed by atoms with Crippen molar-refractivity contribution in [1.29, 1.82) is 0 Å². The second-order valence-corrected chi connectivity index (χ2v) is 8.92. The SMILES string of the molecule is O=c1cc(CSc2ncnc3sc4c(c23)CCCC4)nc2sccn12. The Bertz CT molecular complexity index is 1140. The highest BCUT2D eigenvalue weighted by molar-refractivity contribution is 7.98. The molecule has 0 atom stereocenters. The van der Waals surface area contributed by atoms with E-state index in [1.54, 1.807) is 34.8 Å². The van der Waals surface area contributed by atoms with Crippen molar-refractivity contribution in [2.24, 2.45) is 0 Å². The molecule has 8 heteroatoms. The van der Waals surface area contributed by atoms with Gasteiger partial charge in [-0.05, 0) is 31.2 Å². The molecule has 5 nitrogen and oxygen atoms in total.